The van der Waals surface area contributed by atoms with E-state index in [0.29, 0.717) is 13.2 Å². The van der Waals surface area contributed by atoms with E-state index in [4.69, 9.17) is 4.74 Å². The topological polar surface area (TPSA) is 29.5 Å². The van der Waals surface area contributed by atoms with Crippen molar-refractivity contribution in [2.75, 3.05) is 13.2 Å². The van der Waals surface area contributed by atoms with Crippen molar-refractivity contribution in [3.8, 4) is 0 Å². The van der Waals surface area contributed by atoms with Gasteiger partial charge in [0, 0.05) is 17.5 Å². The Morgan fingerprint density at radius 1 is 1.33 bits per heavy atom. The lowest BCUT2D eigenvalue weighted by atomic mass is 9.85. The van der Waals surface area contributed by atoms with Gasteiger partial charge in [-0.25, -0.2) is 0 Å². The Balaban J connectivity index is 2.16. The number of carbonyl (C=O) groups excluding carboxylic acids is 1. The van der Waals surface area contributed by atoms with Crippen LogP contribution in [0.2, 0.25) is 0 Å². The van der Waals surface area contributed by atoms with Crippen LogP contribution in [0, 0.1) is 5.41 Å². The summed E-state index contributed by atoms with van der Waals surface area (Å²) in [7, 11) is 0. The summed E-state index contributed by atoms with van der Waals surface area (Å²) in [5, 5.41) is 0. The van der Waals surface area contributed by atoms with Crippen LogP contribution in [0.5, 0.6) is 0 Å². The summed E-state index contributed by atoms with van der Waals surface area (Å²) in [6.07, 6.45) is 2.95. The molecule has 1 saturated heterocycles. The number of carbonyl (C=O) groups is 1. The molecule has 1 amide bonds. The normalized spacial score (nSPS) is 18.7. The zero-order valence-corrected chi connectivity index (χ0v) is 13.4. The smallest absolute Gasteiger partial charge is 0.255 e. The Morgan fingerprint density at radius 3 is 2.62 bits per heavy atom. The molecule has 1 aliphatic rings. The largest absolute Gasteiger partial charge is 0.356 e. The Kier molecular flexibility index (Phi) is 4.84. The Bertz CT molecular complexity index is 515. The molecule has 1 heterocycles. The van der Waals surface area contributed by atoms with Crippen molar-refractivity contribution in [2.24, 2.45) is 5.41 Å². The molecule has 2 rings (SSSR count). The molecule has 1 fully saturated rings. The minimum absolute atomic E-state index is 0.0587. The van der Waals surface area contributed by atoms with Crippen LogP contribution in [0.15, 0.2) is 42.0 Å². The predicted octanol–water partition coefficient (Wildman–Crippen LogP) is 3.87. The average Bonchev–Trinajstić information content (AvgIpc) is 2.96. The molecule has 0 aliphatic carbocycles. The van der Waals surface area contributed by atoms with Crippen molar-refractivity contribution in [3.05, 3.63) is 47.5 Å². The van der Waals surface area contributed by atoms with E-state index in [1.54, 1.807) is 0 Å². The minimum Gasteiger partial charge on any atom is -0.356 e. The number of amides is 1. The molecule has 114 valence electrons. The minimum atomic E-state index is -0.166. The van der Waals surface area contributed by atoms with Gasteiger partial charge in [0.15, 0.2) is 0 Å². The van der Waals surface area contributed by atoms with Crippen LogP contribution in [0.1, 0.15) is 44.5 Å². The van der Waals surface area contributed by atoms with Gasteiger partial charge in [0.05, 0.1) is 6.61 Å². The van der Waals surface area contributed by atoms with Crippen LogP contribution in [-0.2, 0) is 4.74 Å². The quantitative estimate of drug-likeness (QED) is 0.787. The van der Waals surface area contributed by atoms with Crippen LogP contribution in [0.4, 0.5) is 0 Å². The summed E-state index contributed by atoms with van der Waals surface area (Å²) < 4.78 is 5.88. The molecular weight excluding hydrogens is 262 g/mol. The third-order valence-corrected chi connectivity index (χ3v) is 3.88. The fraction of sp³-hybridized carbons (Fsp3) is 0.500. The number of ether oxygens (including phenoxy) is 1. The van der Waals surface area contributed by atoms with Crippen molar-refractivity contribution < 1.29 is 9.53 Å². The molecular formula is C18H25NO2. The Hall–Kier alpha value is -1.61. The fourth-order valence-corrected chi connectivity index (χ4v) is 2.64. The van der Waals surface area contributed by atoms with E-state index in [0.717, 1.165) is 12.0 Å². The van der Waals surface area contributed by atoms with Crippen molar-refractivity contribution in [1.82, 2.24) is 4.90 Å². The van der Waals surface area contributed by atoms with E-state index in [1.165, 1.54) is 5.57 Å². The van der Waals surface area contributed by atoms with E-state index in [-0.39, 0.29) is 17.6 Å². The Morgan fingerprint density at radius 2 is 2.00 bits per heavy atom. The second-order valence-electron chi connectivity index (χ2n) is 6.56. The molecule has 3 nitrogen and oxygen atoms in total. The monoisotopic (exact) mass is 287 g/mol. The molecule has 1 atom stereocenters. The lowest BCUT2D eigenvalue weighted by molar-refractivity contribution is -0.0425. The molecule has 1 aromatic rings. The predicted molar refractivity (Wildman–Crippen MR) is 85.0 cm³/mol. The van der Waals surface area contributed by atoms with Crippen LogP contribution in [0.3, 0.4) is 0 Å². The van der Waals surface area contributed by atoms with Gasteiger partial charge < -0.3 is 9.64 Å². The van der Waals surface area contributed by atoms with Crippen LogP contribution in [0.25, 0.3) is 0 Å². The molecule has 0 bridgehead atoms. The number of hydrogen-bond acceptors (Lipinski definition) is 2. The third kappa shape index (κ3) is 3.73. The summed E-state index contributed by atoms with van der Waals surface area (Å²) in [6.45, 7) is 9.79. The zero-order chi connectivity index (χ0) is 15.5. The fourth-order valence-electron chi connectivity index (χ4n) is 2.64. The number of hydrogen-bond donors (Lipinski definition) is 0. The van der Waals surface area contributed by atoms with Gasteiger partial charge in [-0.05, 0) is 32.4 Å². The summed E-state index contributed by atoms with van der Waals surface area (Å²) in [5.74, 6) is 0.0587. The van der Waals surface area contributed by atoms with Crippen molar-refractivity contribution in [3.63, 3.8) is 0 Å². The molecule has 0 saturated carbocycles. The second-order valence-corrected chi connectivity index (χ2v) is 6.56. The molecule has 0 unspecified atom stereocenters. The highest BCUT2D eigenvalue weighted by molar-refractivity contribution is 5.94. The van der Waals surface area contributed by atoms with Gasteiger partial charge in [-0.1, -0.05) is 43.7 Å². The molecule has 0 aromatic heterocycles. The molecule has 1 aromatic carbocycles. The average molecular weight is 287 g/mol. The van der Waals surface area contributed by atoms with Crippen molar-refractivity contribution >= 4 is 5.91 Å². The van der Waals surface area contributed by atoms with E-state index in [9.17, 15) is 4.79 Å². The van der Waals surface area contributed by atoms with Crippen LogP contribution < -0.4 is 0 Å². The summed E-state index contributed by atoms with van der Waals surface area (Å²) >= 11 is 0. The van der Waals surface area contributed by atoms with Gasteiger partial charge in [-0.3, -0.25) is 4.79 Å². The SMILES string of the molecule is CC(C)=CCC(C)(C)[C@H]1OCCN1C(=O)c1ccccc1. The van der Waals surface area contributed by atoms with Crippen LogP contribution in [-0.4, -0.2) is 30.2 Å². The number of rotatable bonds is 4. The van der Waals surface area contributed by atoms with Crippen molar-refractivity contribution in [2.45, 2.75) is 40.3 Å². The maximum absolute atomic E-state index is 12.7. The van der Waals surface area contributed by atoms with E-state index >= 15 is 0 Å². The first-order valence-electron chi connectivity index (χ1n) is 7.53. The lowest BCUT2D eigenvalue weighted by Crippen LogP contribution is -2.45. The molecule has 1 aliphatic heterocycles. The zero-order valence-electron chi connectivity index (χ0n) is 13.4. The van der Waals surface area contributed by atoms with Gasteiger partial charge in [0.25, 0.3) is 5.91 Å². The maximum Gasteiger partial charge on any atom is 0.255 e. The van der Waals surface area contributed by atoms with Gasteiger partial charge in [-0.15, -0.1) is 0 Å². The van der Waals surface area contributed by atoms with Gasteiger partial charge in [-0.2, -0.15) is 0 Å². The van der Waals surface area contributed by atoms with E-state index in [2.05, 4.69) is 33.8 Å². The number of benzene rings is 1. The van der Waals surface area contributed by atoms with Gasteiger partial charge in [0.2, 0.25) is 0 Å². The summed E-state index contributed by atoms with van der Waals surface area (Å²) in [4.78, 5) is 14.5. The molecule has 0 radical (unpaired) electrons. The first-order valence-corrected chi connectivity index (χ1v) is 7.53. The lowest BCUT2D eigenvalue weighted by Gasteiger charge is -2.36. The molecule has 21 heavy (non-hydrogen) atoms. The number of nitrogens with zero attached hydrogens (tertiary/aromatic N) is 1. The Labute approximate surface area is 127 Å². The van der Waals surface area contributed by atoms with Crippen molar-refractivity contribution in [1.29, 1.82) is 0 Å². The summed E-state index contributed by atoms with van der Waals surface area (Å²) in [6, 6.07) is 9.44. The van der Waals surface area contributed by atoms with E-state index in [1.807, 2.05) is 35.2 Å². The number of allylic oxidation sites excluding steroid dienone is 2. The highest BCUT2D eigenvalue weighted by Gasteiger charge is 2.40. The highest BCUT2D eigenvalue weighted by atomic mass is 16.5. The first-order chi connectivity index (χ1) is 9.92. The maximum atomic E-state index is 12.7. The van der Waals surface area contributed by atoms with Gasteiger partial charge in [0.1, 0.15) is 6.23 Å². The molecule has 0 N–H and O–H groups in total. The third-order valence-electron chi connectivity index (χ3n) is 3.88. The van der Waals surface area contributed by atoms with E-state index < -0.39 is 0 Å². The van der Waals surface area contributed by atoms with Crippen LogP contribution >= 0.6 is 0 Å². The highest BCUT2D eigenvalue weighted by Crippen LogP contribution is 2.34. The summed E-state index contributed by atoms with van der Waals surface area (Å²) in [5.41, 5.74) is 1.92. The molecule has 3 heteroatoms. The standard InChI is InChI=1S/C18H25NO2/c1-14(2)10-11-18(3,4)17-19(12-13-21-17)16(20)15-8-6-5-7-9-15/h5-10,17H,11-13H2,1-4H3/t17-/m1/s1. The first kappa shape index (κ1) is 15.8. The molecule has 0 spiro atoms. The van der Waals surface area contributed by atoms with Gasteiger partial charge >= 0.3 is 0 Å². The second kappa shape index (κ2) is 6.44.